The Balaban J connectivity index is 2.09. The molecule has 0 radical (unpaired) electrons. The van der Waals surface area contributed by atoms with E-state index in [-0.39, 0.29) is 17.3 Å². The Morgan fingerprint density at radius 1 is 0.902 bits per heavy atom. The highest BCUT2D eigenvalue weighted by molar-refractivity contribution is 7.92. The van der Waals surface area contributed by atoms with Crippen LogP contribution < -0.4 is 9.62 Å². The van der Waals surface area contributed by atoms with Gasteiger partial charge in [-0.25, -0.2) is 12.8 Å². The average Bonchev–Trinajstić information content (AvgIpc) is 2.89. The van der Waals surface area contributed by atoms with Crippen molar-refractivity contribution < 1.29 is 22.4 Å². The maximum absolute atomic E-state index is 14.1. The molecular weight excluding hydrogens is 541 g/mol. The molecule has 0 aromatic heterocycles. The molecule has 3 aromatic carbocycles. The molecule has 1 atom stereocenters. The number of nitrogens with zero attached hydrogens (tertiary/aromatic N) is 2. The van der Waals surface area contributed by atoms with Crippen LogP contribution in [-0.2, 0) is 26.2 Å². The van der Waals surface area contributed by atoms with Gasteiger partial charge >= 0.3 is 0 Å². The Kier molecular flexibility index (Phi) is 9.97. The lowest BCUT2D eigenvalue weighted by Crippen LogP contribution is -2.55. The summed E-state index contributed by atoms with van der Waals surface area (Å²) in [5.74, 6) is -1.33. The van der Waals surface area contributed by atoms with Crippen LogP contribution in [0.1, 0.15) is 56.4 Å². The molecule has 0 heterocycles. The zero-order valence-electron chi connectivity index (χ0n) is 24.9. The summed E-state index contributed by atoms with van der Waals surface area (Å²) in [4.78, 5) is 28.9. The van der Waals surface area contributed by atoms with E-state index in [2.05, 4.69) is 5.32 Å². The molecule has 3 aromatic rings. The highest BCUT2D eigenvalue weighted by Gasteiger charge is 2.34. The van der Waals surface area contributed by atoms with Crippen LogP contribution in [0.3, 0.4) is 0 Å². The number of rotatable bonds is 10. The maximum Gasteiger partial charge on any atom is 0.264 e. The van der Waals surface area contributed by atoms with Gasteiger partial charge in [0, 0.05) is 12.1 Å². The van der Waals surface area contributed by atoms with Gasteiger partial charge < -0.3 is 10.2 Å². The fraction of sp³-hybridized carbons (Fsp3) is 0.375. The second-order valence-corrected chi connectivity index (χ2v) is 13.3. The van der Waals surface area contributed by atoms with E-state index in [4.69, 9.17) is 0 Å². The van der Waals surface area contributed by atoms with Gasteiger partial charge in [-0.2, -0.15) is 0 Å². The Morgan fingerprint density at radius 2 is 1.51 bits per heavy atom. The van der Waals surface area contributed by atoms with Crippen LogP contribution in [-0.4, -0.2) is 43.3 Å². The van der Waals surface area contributed by atoms with Crippen LogP contribution in [0, 0.1) is 26.6 Å². The van der Waals surface area contributed by atoms with Crippen molar-refractivity contribution in [3.05, 3.63) is 94.8 Å². The first kappa shape index (κ1) is 31.8. The number of carbonyl (C=O) groups excluding carboxylic acids is 2. The summed E-state index contributed by atoms with van der Waals surface area (Å²) in [6, 6.07) is 16.5. The van der Waals surface area contributed by atoms with E-state index in [0.717, 1.165) is 21.0 Å². The summed E-state index contributed by atoms with van der Waals surface area (Å²) in [6.07, 6.45) is 0.295. The molecule has 0 aliphatic heterocycles. The second kappa shape index (κ2) is 12.9. The second-order valence-electron chi connectivity index (χ2n) is 11.4. The number of aryl methyl sites for hydroxylation is 3. The van der Waals surface area contributed by atoms with Gasteiger partial charge in [-0.15, -0.1) is 0 Å². The summed E-state index contributed by atoms with van der Waals surface area (Å²) in [7, 11) is -4.15. The van der Waals surface area contributed by atoms with Crippen LogP contribution in [0.2, 0.25) is 0 Å². The molecule has 3 rings (SSSR count). The topological polar surface area (TPSA) is 86.8 Å². The lowest BCUT2D eigenvalue weighted by molar-refractivity contribution is -0.141. The molecule has 41 heavy (non-hydrogen) atoms. The third kappa shape index (κ3) is 8.16. The smallest absolute Gasteiger partial charge is 0.264 e. The van der Waals surface area contributed by atoms with Gasteiger partial charge in [-0.3, -0.25) is 13.9 Å². The first-order chi connectivity index (χ1) is 19.1. The van der Waals surface area contributed by atoms with Gasteiger partial charge in [0.15, 0.2) is 0 Å². The molecule has 0 aliphatic carbocycles. The molecule has 7 nitrogen and oxygen atoms in total. The highest BCUT2D eigenvalue weighted by atomic mass is 32.2. The van der Waals surface area contributed by atoms with Crippen LogP contribution in [0.4, 0.5) is 10.1 Å². The fourth-order valence-corrected chi connectivity index (χ4v) is 5.81. The number of hydrogen-bond acceptors (Lipinski definition) is 4. The summed E-state index contributed by atoms with van der Waals surface area (Å²) in [6.45, 7) is 12.5. The minimum atomic E-state index is -4.15. The van der Waals surface area contributed by atoms with Crippen molar-refractivity contribution >= 4 is 27.5 Å². The first-order valence-corrected chi connectivity index (χ1v) is 15.1. The zero-order chi connectivity index (χ0) is 30.5. The van der Waals surface area contributed by atoms with E-state index in [0.29, 0.717) is 17.7 Å². The molecule has 0 saturated carbocycles. The Bertz CT molecular complexity index is 1480. The van der Waals surface area contributed by atoms with Crippen LogP contribution in [0.15, 0.2) is 71.6 Å². The van der Waals surface area contributed by atoms with Crippen molar-refractivity contribution in [1.29, 1.82) is 0 Å². The molecule has 9 heteroatoms. The monoisotopic (exact) mass is 581 g/mol. The lowest BCUT2D eigenvalue weighted by atomic mass is 10.1. The lowest BCUT2D eigenvalue weighted by Gasteiger charge is -2.35. The maximum atomic E-state index is 14.1. The van der Waals surface area contributed by atoms with Gasteiger partial charge in [0.2, 0.25) is 11.8 Å². The largest absolute Gasteiger partial charge is 0.350 e. The molecular formula is C32H40FN3O4S. The van der Waals surface area contributed by atoms with Crippen molar-refractivity contribution in [3.63, 3.8) is 0 Å². The third-order valence-electron chi connectivity index (χ3n) is 6.82. The van der Waals surface area contributed by atoms with Crippen molar-refractivity contribution in [2.45, 2.75) is 77.9 Å². The summed E-state index contributed by atoms with van der Waals surface area (Å²) < 4.78 is 42.7. The highest BCUT2D eigenvalue weighted by Crippen LogP contribution is 2.27. The zero-order valence-corrected chi connectivity index (χ0v) is 25.7. The third-order valence-corrected chi connectivity index (χ3v) is 8.60. The molecule has 0 fully saturated rings. The molecule has 0 bridgehead atoms. The van der Waals surface area contributed by atoms with E-state index < -0.39 is 39.9 Å². The minimum Gasteiger partial charge on any atom is -0.350 e. The Morgan fingerprint density at radius 3 is 2.05 bits per heavy atom. The molecule has 0 aliphatic rings. The predicted molar refractivity (Wildman–Crippen MR) is 161 cm³/mol. The minimum absolute atomic E-state index is 0.000524. The quantitative estimate of drug-likeness (QED) is 0.334. The number of hydrogen-bond donors (Lipinski definition) is 1. The van der Waals surface area contributed by atoms with Crippen LogP contribution in [0.25, 0.3) is 0 Å². The number of amides is 2. The van der Waals surface area contributed by atoms with E-state index in [1.807, 2.05) is 47.6 Å². The first-order valence-electron chi connectivity index (χ1n) is 13.6. The van der Waals surface area contributed by atoms with Gasteiger partial charge in [0.05, 0.1) is 10.6 Å². The van der Waals surface area contributed by atoms with Gasteiger partial charge in [-0.1, -0.05) is 42.8 Å². The Labute approximate surface area is 243 Å². The number of benzene rings is 3. The number of halogens is 1. The van der Waals surface area contributed by atoms with Crippen LogP contribution in [0.5, 0.6) is 0 Å². The Hall–Kier alpha value is -3.72. The normalized spacial score (nSPS) is 12.5. The SMILES string of the molecule is CC[C@@H](C(=O)NC(C)(C)C)N(Cc1ccc(F)cc1)C(=O)CN(c1ccc(C)c(C)c1)S(=O)(=O)c1ccc(C)cc1. The number of carbonyl (C=O) groups is 2. The van der Waals surface area contributed by atoms with E-state index in [9.17, 15) is 22.4 Å². The number of sulfonamides is 1. The van der Waals surface area contributed by atoms with E-state index in [1.165, 1.54) is 29.2 Å². The standard InChI is InChI=1S/C32H40FN3O4S/c1-8-29(31(38)34-32(5,6)7)35(20-25-12-14-26(33)15-13-25)30(37)21-36(27-16-11-23(3)24(4)19-27)41(39,40)28-17-9-22(2)10-18-28/h9-19,29H,8,20-21H2,1-7H3,(H,34,38)/t29-/m0/s1. The van der Waals surface area contributed by atoms with Gasteiger partial charge in [0.25, 0.3) is 10.0 Å². The van der Waals surface area contributed by atoms with Crippen LogP contribution >= 0.6 is 0 Å². The predicted octanol–water partition coefficient (Wildman–Crippen LogP) is 5.67. The molecule has 2 amide bonds. The van der Waals surface area contributed by atoms with Crippen molar-refractivity contribution in [1.82, 2.24) is 10.2 Å². The van der Waals surface area contributed by atoms with Gasteiger partial charge in [0.1, 0.15) is 18.4 Å². The summed E-state index contributed by atoms with van der Waals surface area (Å²) in [5.41, 5.74) is 3.17. The summed E-state index contributed by atoms with van der Waals surface area (Å²) in [5, 5.41) is 2.94. The fourth-order valence-electron chi connectivity index (χ4n) is 4.41. The van der Waals surface area contributed by atoms with Gasteiger partial charge in [-0.05, 0) is 101 Å². The number of nitrogens with one attached hydrogen (secondary N) is 1. The van der Waals surface area contributed by atoms with Crippen molar-refractivity contribution in [3.8, 4) is 0 Å². The molecule has 0 unspecified atom stereocenters. The van der Waals surface area contributed by atoms with Crippen molar-refractivity contribution in [2.75, 3.05) is 10.8 Å². The molecule has 1 N–H and O–H groups in total. The molecule has 0 spiro atoms. The average molecular weight is 582 g/mol. The van der Waals surface area contributed by atoms with E-state index in [1.54, 1.807) is 43.3 Å². The molecule has 220 valence electrons. The summed E-state index contributed by atoms with van der Waals surface area (Å²) >= 11 is 0. The molecule has 0 saturated heterocycles. The number of anilines is 1. The van der Waals surface area contributed by atoms with E-state index >= 15 is 0 Å². The van der Waals surface area contributed by atoms with Crippen molar-refractivity contribution in [2.24, 2.45) is 0 Å².